The van der Waals surface area contributed by atoms with Crippen molar-refractivity contribution in [1.29, 1.82) is 0 Å². The molecule has 2 heterocycles. The molecule has 0 saturated carbocycles. The van der Waals surface area contributed by atoms with Crippen LogP contribution < -0.4 is 0 Å². The third-order valence-electron chi connectivity index (χ3n) is 3.15. The Morgan fingerprint density at radius 3 is 3.21 bits per heavy atom. The normalized spacial score (nSPS) is 21.0. The van der Waals surface area contributed by atoms with Gasteiger partial charge in [0.15, 0.2) is 0 Å². The molecular formula is C14H19NO2S2. The van der Waals surface area contributed by atoms with E-state index in [2.05, 4.69) is 29.7 Å². The van der Waals surface area contributed by atoms with E-state index in [1.54, 1.807) is 17.4 Å². The molecule has 1 fully saturated rings. The lowest BCUT2D eigenvalue weighted by Crippen LogP contribution is -2.36. The fourth-order valence-electron chi connectivity index (χ4n) is 2.13. The molecule has 3 nitrogen and oxygen atoms in total. The summed E-state index contributed by atoms with van der Waals surface area (Å²) >= 11 is 3.79. The lowest BCUT2D eigenvalue weighted by molar-refractivity contribution is -0.131. The molecule has 104 valence electrons. The van der Waals surface area contributed by atoms with Gasteiger partial charge >= 0.3 is 5.97 Å². The fraction of sp³-hybridized carbons (Fsp3) is 0.500. The molecule has 1 unspecified atom stereocenters. The van der Waals surface area contributed by atoms with Crippen LogP contribution in [-0.2, 0) is 11.3 Å². The summed E-state index contributed by atoms with van der Waals surface area (Å²) in [5, 5.41) is 11.4. The standard InChI is InChI=1S/C14H19NO2S2/c1-2-12-8-15(5-6-18-12)9-13-7-11(10-19-13)3-4-14(16)17/h3-4,7,10,12H,2,5-6,8-9H2,1H3,(H,16,17)/b4-3+. The van der Waals surface area contributed by atoms with Crippen LogP contribution in [0.2, 0.25) is 0 Å². The number of thiophene rings is 1. The van der Waals surface area contributed by atoms with Crippen molar-refractivity contribution in [3.05, 3.63) is 28.0 Å². The molecule has 1 aromatic heterocycles. The zero-order valence-electron chi connectivity index (χ0n) is 11.0. The number of carbonyl (C=O) groups is 1. The molecule has 0 aliphatic carbocycles. The van der Waals surface area contributed by atoms with Gasteiger partial charge in [-0.05, 0) is 29.5 Å². The fourth-order valence-corrected chi connectivity index (χ4v) is 4.27. The highest BCUT2D eigenvalue weighted by atomic mass is 32.2. The van der Waals surface area contributed by atoms with Crippen LogP contribution in [0.5, 0.6) is 0 Å². The highest BCUT2D eigenvalue weighted by Crippen LogP contribution is 2.24. The number of carboxylic acid groups (broad SMARTS) is 1. The highest BCUT2D eigenvalue weighted by molar-refractivity contribution is 8.00. The Labute approximate surface area is 122 Å². The first-order valence-corrected chi connectivity index (χ1v) is 8.42. The van der Waals surface area contributed by atoms with E-state index in [1.165, 1.54) is 29.7 Å². The smallest absolute Gasteiger partial charge is 0.328 e. The summed E-state index contributed by atoms with van der Waals surface area (Å²) < 4.78 is 0. The second kappa shape index (κ2) is 7.12. The van der Waals surface area contributed by atoms with Crippen molar-refractivity contribution in [2.45, 2.75) is 25.1 Å². The molecule has 0 aromatic carbocycles. The number of rotatable bonds is 5. The van der Waals surface area contributed by atoms with Crippen molar-refractivity contribution in [1.82, 2.24) is 4.90 Å². The highest BCUT2D eigenvalue weighted by Gasteiger charge is 2.19. The lowest BCUT2D eigenvalue weighted by Gasteiger charge is -2.31. The van der Waals surface area contributed by atoms with Crippen LogP contribution in [0, 0.1) is 0 Å². The van der Waals surface area contributed by atoms with Gasteiger partial charge in [0.25, 0.3) is 0 Å². The third kappa shape index (κ3) is 4.67. The SMILES string of the molecule is CCC1CN(Cc2cc(/C=C/C(=O)O)cs2)CCS1. The molecule has 1 aromatic rings. The number of hydrogen-bond acceptors (Lipinski definition) is 4. The Morgan fingerprint density at radius 2 is 2.47 bits per heavy atom. The van der Waals surface area contributed by atoms with E-state index in [4.69, 9.17) is 5.11 Å². The number of hydrogen-bond donors (Lipinski definition) is 1. The maximum atomic E-state index is 10.5. The molecule has 1 N–H and O–H groups in total. The third-order valence-corrected chi connectivity index (χ3v) is 5.46. The van der Waals surface area contributed by atoms with Crippen molar-refractivity contribution in [3.63, 3.8) is 0 Å². The molecule has 1 aliphatic heterocycles. The van der Waals surface area contributed by atoms with Crippen molar-refractivity contribution >= 4 is 35.1 Å². The summed E-state index contributed by atoms with van der Waals surface area (Å²) in [6.45, 7) is 5.56. The summed E-state index contributed by atoms with van der Waals surface area (Å²) in [5.41, 5.74) is 0.987. The van der Waals surface area contributed by atoms with Gasteiger partial charge in [-0.15, -0.1) is 11.3 Å². The predicted octanol–water partition coefficient (Wildman–Crippen LogP) is 3.17. The van der Waals surface area contributed by atoms with E-state index < -0.39 is 5.97 Å². The second-order valence-corrected chi connectivity index (χ2v) is 7.06. The Hall–Kier alpha value is -0.780. The molecule has 0 amide bonds. The Bertz CT molecular complexity index is 456. The van der Waals surface area contributed by atoms with Gasteiger partial charge in [0, 0.05) is 41.6 Å². The van der Waals surface area contributed by atoms with Crippen LogP contribution >= 0.6 is 23.1 Å². The topological polar surface area (TPSA) is 40.5 Å². The van der Waals surface area contributed by atoms with Crippen LogP contribution in [-0.4, -0.2) is 40.1 Å². The van der Waals surface area contributed by atoms with Gasteiger partial charge in [-0.1, -0.05) is 6.92 Å². The average molecular weight is 297 g/mol. The van der Waals surface area contributed by atoms with Gasteiger partial charge in [-0.3, -0.25) is 4.90 Å². The summed E-state index contributed by atoms with van der Waals surface area (Å²) in [6, 6.07) is 2.09. The first-order chi connectivity index (χ1) is 9.17. The van der Waals surface area contributed by atoms with Crippen LogP contribution in [0.25, 0.3) is 6.08 Å². The average Bonchev–Trinajstić information content (AvgIpc) is 2.84. The monoisotopic (exact) mass is 297 g/mol. The largest absolute Gasteiger partial charge is 0.478 e. The van der Waals surface area contributed by atoms with Crippen LogP contribution in [0.3, 0.4) is 0 Å². The summed E-state index contributed by atoms with van der Waals surface area (Å²) in [4.78, 5) is 14.3. The number of thioether (sulfide) groups is 1. The van der Waals surface area contributed by atoms with Crippen LogP contribution in [0.15, 0.2) is 17.5 Å². The number of nitrogens with zero attached hydrogens (tertiary/aromatic N) is 1. The van der Waals surface area contributed by atoms with E-state index in [0.717, 1.165) is 23.9 Å². The molecule has 1 saturated heterocycles. The van der Waals surface area contributed by atoms with Gasteiger partial charge in [-0.2, -0.15) is 11.8 Å². The van der Waals surface area contributed by atoms with Crippen LogP contribution in [0.4, 0.5) is 0 Å². The van der Waals surface area contributed by atoms with Crippen molar-refractivity contribution in [2.75, 3.05) is 18.8 Å². The summed E-state index contributed by atoms with van der Waals surface area (Å²) in [6.07, 6.45) is 4.08. The molecular weight excluding hydrogens is 278 g/mol. The van der Waals surface area contributed by atoms with Crippen molar-refractivity contribution < 1.29 is 9.90 Å². The first kappa shape index (κ1) is 14.6. The minimum atomic E-state index is -0.897. The van der Waals surface area contributed by atoms with Gasteiger partial charge in [0.1, 0.15) is 0 Å². The van der Waals surface area contributed by atoms with E-state index in [9.17, 15) is 4.79 Å². The quantitative estimate of drug-likeness (QED) is 0.848. The molecule has 5 heteroatoms. The van der Waals surface area contributed by atoms with Gasteiger partial charge in [0.2, 0.25) is 0 Å². The molecule has 2 rings (SSSR count). The van der Waals surface area contributed by atoms with E-state index in [0.29, 0.717) is 0 Å². The molecule has 19 heavy (non-hydrogen) atoms. The molecule has 0 spiro atoms. The minimum Gasteiger partial charge on any atom is -0.478 e. The Balaban J connectivity index is 1.90. The van der Waals surface area contributed by atoms with E-state index in [-0.39, 0.29) is 0 Å². The molecule has 1 atom stereocenters. The van der Waals surface area contributed by atoms with Crippen molar-refractivity contribution in [3.8, 4) is 0 Å². The predicted molar refractivity (Wildman–Crippen MR) is 82.8 cm³/mol. The van der Waals surface area contributed by atoms with Crippen LogP contribution in [0.1, 0.15) is 23.8 Å². The van der Waals surface area contributed by atoms with Gasteiger partial charge in [-0.25, -0.2) is 4.79 Å². The first-order valence-electron chi connectivity index (χ1n) is 6.49. The number of carboxylic acids is 1. The molecule has 1 aliphatic rings. The van der Waals surface area contributed by atoms with E-state index >= 15 is 0 Å². The Kier molecular flexibility index (Phi) is 5.48. The lowest BCUT2D eigenvalue weighted by atomic mass is 10.2. The second-order valence-electron chi connectivity index (χ2n) is 4.65. The minimum absolute atomic E-state index is 0.764. The maximum absolute atomic E-state index is 10.5. The van der Waals surface area contributed by atoms with Gasteiger partial charge < -0.3 is 5.11 Å². The maximum Gasteiger partial charge on any atom is 0.328 e. The summed E-state index contributed by atoms with van der Waals surface area (Å²) in [7, 11) is 0. The number of aliphatic carboxylic acids is 1. The van der Waals surface area contributed by atoms with Gasteiger partial charge in [0.05, 0.1) is 0 Å². The molecule has 0 bridgehead atoms. The Morgan fingerprint density at radius 1 is 1.63 bits per heavy atom. The van der Waals surface area contributed by atoms with E-state index in [1.807, 2.05) is 5.38 Å². The zero-order chi connectivity index (χ0) is 13.7. The van der Waals surface area contributed by atoms with Crippen molar-refractivity contribution in [2.24, 2.45) is 0 Å². The molecule has 0 radical (unpaired) electrons. The zero-order valence-corrected chi connectivity index (χ0v) is 12.7. The summed E-state index contributed by atoms with van der Waals surface area (Å²) in [5.74, 6) is 0.321.